The molecule has 0 unspecified atom stereocenters. The molecule has 0 saturated heterocycles. The second-order valence-electron chi connectivity index (χ2n) is 7.44. The third kappa shape index (κ3) is 3.36. The van der Waals surface area contributed by atoms with Gasteiger partial charge in [0.2, 0.25) is 5.76 Å². The van der Waals surface area contributed by atoms with Gasteiger partial charge in [0.25, 0.3) is 5.91 Å². The molecule has 1 atom stereocenters. The Morgan fingerprint density at radius 3 is 2.61 bits per heavy atom. The summed E-state index contributed by atoms with van der Waals surface area (Å²) >= 11 is 4.75. The van der Waals surface area contributed by atoms with Gasteiger partial charge >= 0.3 is 0 Å². The SMILES string of the molecule is CC(C)Oc1ccc([C@@H]2c3c(oc4ccc(Br)cc4c3=O)C(=O)N2c2nccs2)cc1. The van der Waals surface area contributed by atoms with Gasteiger partial charge in [-0.3, -0.25) is 14.5 Å². The molecule has 8 heteroatoms. The van der Waals surface area contributed by atoms with Gasteiger partial charge in [-0.1, -0.05) is 28.1 Å². The topological polar surface area (TPSA) is 72.6 Å². The van der Waals surface area contributed by atoms with Crippen molar-refractivity contribution < 1.29 is 13.9 Å². The monoisotopic (exact) mass is 496 g/mol. The summed E-state index contributed by atoms with van der Waals surface area (Å²) < 4.78 is 12.5. The van der Waals surface area contributed by atoms with Crippen LogP contribution in [0.2, 0.25) is 0 Å². The van der Waals surface area contributed by atoms with Crippen molar-refractivity contribution in [2.24, 2.45) is 0 Å². The maximum atomic E-state index is 13.5. The Labute approximate surface area is 190 Å². The lowest BCUT2D eigenvalue weighted by atomic mass is 9.98. The molecule has 2 aromatic heterocycles. The number of halogens is 1. The van der Waals surface area contributed by atoms with Gasteiger partial charge in [0.1, 0.15) is 11.3 Å². The second-order valence-corrected chi connectivity index (χ2v) is 9.23. The van der Waals surface area contributed by atoms with Crippen LogP contribution < -0.4 is 15.1 Å². The molecule has 0 radical (unpaired) electrons. The molecule has 0 N–H and O–H groups in total. The van der Waals surface area contributed by atoms with E-state index in [0.29, 0.717) is 21.7 Å². The molecule has 5 rings (SSSR count). The maximum Gasteiger partial charge on any atom is 0.297 e. The number of hydrogen-bond donors (Lipinski definition) is 0. The summed E-state index contributed by atoms with van der Waals surface area (Å²) in [6, 6.07) is 12.0. The lowest BCUT2D eigenvalue weighted by Crippen LogP contribution is -2.29. The number of carbonyl (C=O) groups excluding carboxylic acids is 1. The highest BCUT2D eigenvalue weighted by molar-refractivity contribution is 9.10. The predicted octanol–water partition coefficient (Wildman–Crippen LogP) is 5.55. The van der Waals surface area contributed by atoms with Crippen LogP contribution in [0, 0.1) is 0 Å². The number of nitrogens with zero attached hydrogens (tertiary/aromatic N) is 2. The molecule has 31 heavy (non-hydrogen) atoms. The van der Waals surface area contributed by atoms with Gasteiger partial charge < -0.3 is 9.15 Å². The largest absolute Gasteiger partial charge is 0.491 e. The van der Waals surface area contributed by atoms with Crippen molar-refractivity contribution in [2.75, 3.05) is 4.90 Å². The van der Waals surface area contributed by atoms with E-state index in [1.165, 1.54) is 16.2 Å². The van der Waals surface area contributed by atoms with Crippen molar-refractivity contribution >= 4 is 49.3 Å². The van der Waals surface area contributed by atoms with Gasteiger partial charge in [-0.25, -0.2) is 4.98 Å². The van der Waals surface area contributed by atoms with Crippen LogP contribution in [0.3, 0.4) is 0 Å². The van der Waals surface area contributed by atoms with Crippen molar-refractivity contribution in [2.45, 2.75) is 26.0 Å². The minimum atomic E-state index is -0.638. The Hall–Kier alpha value is -2.97. The molecule has 4 aromatic rings. The smallest absolute Gasteiger partial charge is 0.297 e. The summed E-state index contributed by atoms with van der Waals surface area (Å²) in [6.07, 6.45) is 1.68. The highest BCUT2D eigenvalue weighted by Gasteiger charge is 2.44. The van der Waals surface area contributed by atoms with E-state index in [9.17, 15) is 9.59 Å². The maximum absolute atomic E-state index is 13.5. The molecule has 0 bridgehead atoms. The Morgan fingerprint density at radius 2 is 1.94 bits per heavy atom. The molecule has 6 nitrogen and oxygen atoms in total. The van der Waals surface area contributed by atoms with E-state index in [1.54, 1.807) is 29.8 Å². The molecule has 3 heterocycles. The van der Waals surface area contributed by atoms with E-state index in [-0.39, 0.29) is 23.2 Å². The van der Waals surface area contributed by atoms with E-state index < -0.39 is 6.04 Å². The van der Waals surface area contributed by atoms with E-state index in [0.717, 1.165) is 15.8 Å². The van der Waals surface area contributed by atoms with E-state index >= 15 is 0 Å². The zero-order valence-electron chi connectivity index (χ0n) is 16.7. The Balaban J connectivity index is 1.73. The molecule has 2 aromatic carbocycles. The van der Waals surface area contributed by atoms with Gasteiger partial charge in [-0.05, 0) is 49.7 Å². The quantitative estimate of drug-likeness (QED) is 0.370. The van der Waals surface area contributed by atoms with E-state index in [4.69, 9.17) is 9.15 Å². The number of aromatic nitrogens is 1. The van der Waals surface area contributed by atoms with Crippen LogP contribution in [0.15, 0.2) is 67.7 Å². The van der Waals surface area contributed by atoms with Crippen molar-refractivity contribution in [3.8, 4) is 5.75 Å². The van der Waals surface area contributed by atoms with Gasteiger partial charge in [0.15, 0.2) is 10.6 Å². The lowest BCUT2D eigenvalue weighted by molar-refractivity contribution is 0.0971. The van der Waals surface area contributed by atoms with E-state index in [2.05, 4.69) is 20.9 Å². The molecule has 156 valence electrons. The lowest BCUT2D eigenvalue weighted by Gasteiger charge is -2.22. The Bertz CT molecular complexity index is 1350. The molecule has 0 fully saturated rings. The first kappa shape index (κ1) is 20.0. The van der Waals surface area contributed by atoms with Crippen molar-refractivity contribution in [3.63, 3.8) is 0 Å². The van der Waals surface area contributed by atoms with Crippen LogP contribution in [0.5, 0.6) is 5.75 Å². The molecular weight excluding hydrogens is 480 g/mol. The van der Waals surface area contributed by atoms with Gasteiger partial charge in [-0.2, -0.15) is 0 Å². The summed E-state index contributed by atoms with van der Waals surface area (Å²) in [4.78, 5) is 32.8. The van der Waals surface area contributed by atoms with Crippen LogP contribution in [-0.4, -0.2) is 17.0 Å². The third-order valence-corrected chi connectivity index (χ3v) is 6.29. The first-order valence-corrected chi connectivity index (χ1v) is 11.4. The standard InChI is InChI=1S/C23H17BrN2O4S/c1-12(2)29-15-6-3-13(4-7-15)19-18-20(27)16-11-14(24)5-8-17(16)30-21(18)22(28)26(19)23-25-9-10-31-23/h3-12,19H,1-2H3/t19-/m1/s1. The first-order chi connectivity index (χ1) is 14.9. The Kier molecular flexibility index (Phi) is 4.91. The molecule has 1 amide bonds. The number of carbonyl (C=O) groups is 1. The number of thiazole rings is 1. The van der Waals surface area contributed by atoms with Crippen LogP contribution in [0.1, 0.15) is 41.6 Å². The number of fused-ring (bicyclic) bond motifs is 2. The van der Waals surface area contributed by atoms with Crippen LogP contribution >= 0.6 is 27.3 Å². The fraction of sp³-hybridized carbons (Fsp3) is 0.174. The molecule has 1 aliphatic heterocycles. The van der Waals surface area contributed by atoms with E-state index in [1.807, 2.05) is 38.1 Å². The van der Waals surface area contributed by atoms with Crippen molar-refractivity contribution in [1.29, 1.82) is 0 Å². The number of hydrogen-bond acceptors (Lipinski definition) is 6. The second kappa shape index (κ2) is 7.62. The fourth-order valence-electron chi connectivity index (χ4n) is 3.79. The highest BCUT2D eigenvalue weighted by atomic mass is 79.9. The number of amides is 1. The zero-order chi connectivity index (χ0) is 21.7. The fourth-order valence-corrected chi connectivity index (χ4v) is 4.82. The van der Waals surface area contributed by atoms with Crippen molar-refractivity contribution in [1.82, 2.24) is 4.98 Å². The summed E-state index contributed by atoms with van der Waals surface area (Å²) in [7, 11) is 0. The van der Waals surface area contributed by atoms with Crippen LogP contribution in [-0.2, 0) is 0 Å². The normalized spacial score (nSPS) is 15.7. The number of rotatable bonds is 4. The number of ether oxygens (including phenoxy) is 1. The average molecular weight is 497 g/mol. The molecule has 1 aliphatic rings. The minimum absolute atomic E-state index is 0.0447. The van der Waals surface area contributed by atoms with Crippen molar-refractivity contribution in [3.05, 3.63) is 85.6 Å². The zero-order valence-corrected chi connectivity index (χ0v) is 19.1. The summed E-state index contributed by atoms with van der Waals surface area (Å²) in [5.74, 6) is 0.403. The summed E-state index contributed by atoms with van der Waals surface area (Å²) in [5, 5.41) is 2.73. The average Bonchev–Trinajstić information content (AvgIpc) is 3.36. The van der Waals surface area contributed by atoms with Gasteiger partial charge in [0.05, 0.1) is 23.1 Å². The molecule has 0 aliphatic carbocycles. The number of anilines is 1. The molecular formula is C23H17BrN2O4S. The molecule has 0 saturated carbocycles. The van der Waals surface area contributed by atoms with Gasteiger partial charge in [-0.15, -0.1) is 11.3 Å². The van der Waals surface area contributed by atoms with Gasteiger partial charge in [0, 0.05) is 16.0 Å². The molecule has 0 spiro atoms. The predicted molar refractivity (Wildman–Crippen MR) is 123 cm³/mol. The summed E-state index contributed by atoms with van der Waals surface area (Å²) in [6.45, 7) is 3.91. The minimum Gasteiger partial charge on any atom is -0.491 e. The Morgan fingerprint density at radius 1 is 1.16 bits per heavy atom. The van der Waals surface area contributed by atoms with Crippen LogP contribution in [0.25, 0.3) is 11.0 Å². The first-order valence-electron chi connectivity index (χ1n) is 9.70. The summed E-state index contributed by atoms with van der Waals surface area (Å²) in [5.41, 5.74) is 1.25. The third-order valence-electron chi connectivity index (χ3n) is 5.03. The highest BCUT2D eigenvalue weighted by Crippen LogP contribution is 2.42. The number of benzene rings is 2. The van der Waals surface area contributed by atoms with Crippen LogP contribution in [0.4, 0.5) is 5.13 Å².